The lowest BCUT2D eigenvalue weighted by Gasteiger charge is -2.18. The third-order valence-corrected chi connectivity index (χ3v) is 3.93. The molecular formula is C14H18N4S. The second-order valence-corrected chi connectivity index (χ2v) is 5.54. The molecule has 1 heterocycles. The number of nitrogens with two attached hydrogens (primary N) is 1. The van der Waals surface area contributed by atoms with Crippen molar-refractivity contribution in [1.82, 2.24) is 9.88 Å². The van der Waals surface area contributed by atoms with Gasteiger partial charge in [0.1, 0.15) is 5.84 Å². The fourth-order valence-corrected chi connectivity index (χ4v) is 2.85. The second-order valence-electron chi connectivity index (χ2n) is 4.60. The number of benzene rings is 1. The molecule has 3 N–H and O–H groups in total. The fourth-order valence-electron chi connectivity index (χ4n) is 1.99. The third-order valence-electron chi connectivity index (χ3n) is 3.01. The molecule has 0 spiro atoms. The average molecular weight is 274 g/mol. The van der Waals surface area contributed by atoms with Crippen LogP contribution in [0.5, 0.6) is 0 Å². The Morgan fingerprint density at radius 3 is 2.74 bits per heavy atom. The van der Waals surface area contributed by atoms with E-state index in [4.69, 9.17) is 11.1 Å². The van der Waals surface area contributed by atoms with Gasteiger partial charge in [-0.3, -0.25) is 10.3 Å². The van der Waals surface area contributed by atoms with Crippen molar-refractivity contribution in [2.45, 2.75) is 20.0 Å². The van der Waals surface area contributed by atoms with Crippen molar-refractivity contribution in [3.8, 4) is 0 Å². The second kappa shape index (κ2) is 5.95. The largest absolute Gasteiger partial charge is 0.384 e. The summed E-state index contributed by atoms with van der Waals surface area (Å²) >= 11 is 1.68. The van der Waals surface area contributed by atoms with Crippen molar-refractivity contribution in [2.24, 2.45) is 5.73 Å². The number of nitrogen functional groups attached to an aromatic ring is 1. The van der Waals surface area contributed by atoms with E-state index in [0.29, 0.717) is 0 Å². The van der Waals surface area contributed by atoms with E-state index >= 15 is 0 Å². The standard InChI is InChI=1S/C14H18N4S/c1-10-13(19-9-17-10)8-18(2)7-11-5-3-4-6-12(11)14(15)16/h3-6,9H,7-8H2,1-2H3,(H3,15,16). The number of nitrogens with zero attached hydrogens (tertiary/aromatic N) is 2. The van der Waals surface area contributed by atoms with Gasteiger partial charge < -0.3 is 5.73 Å². The molecule has 0 radical (unpaired) electrons. The summed E-state index contributed by atoms with van der Waals surface area (Å²) < 4.78 is 0. The highest BCUT2D eigenvalue weighted by Gasteiger charge is 2.09. The molecule has 4 nitrogen and oxygen atoms in total. The van der Waals surface area contributed by atoms with Crippen LogP contribution in [0.4, 0.5) is 0 Å². The molecule has 0 aliphatic heterocycles. The molecule has 0 aliphatic rings. The molecule has 0 bridgehead atoms. The smallest absolute Gasteiger partial charge is 0.123 e. The Bertz CT molecular complexity index is 576. The van der Waals surface area contributed by atoms with E-state index < -0.39 is 0 Å². The monoisotopic (exact) mass is 274 g/mol. The summed E-state index contributed by atoms with van der Waals surface area (Å²) in [6.07, 6.45) is 0. The summed E-state index contributed by atoms with van der Waals surface area (Å²) in [4.78, 5) is 7.75. The molecule has 0 aliphatic carbocycles. The molecule has 100 valence electrons. The highest BCUT2D eigenvalue weighted by Crippen LogP contribution is 2.17. The van der Waals surface area contributed by atoms with Crippen molar-refractivity contribution in [3.63, 3.8) is 0 Å². The van der Waals surface area contributed by atoms with Crippen LogP contribution in [0.15, 0.2) is 29.8 Å². The van der Waals surface area contributed by atoms with Gasteiger partial charge in [0.05, 0.1) is 11.2 Å². The summed E-state index contributed by atoms with van der Waals surface area (Å²) in [6, 6.07) is 7.80. The van der Waals surface area contributed by atoms with Crippen molar-refractivity contribution in [2.75, 3.05) is 7.05 Å². The molecule has 1 aromatic heterocycles. The Morgan fingerprint density at radius 1 is 1.37 bits per heavy atom. The molecule has 0 atom stereocenters. The summed E-state index contributed by atoms with van der Waals surface area (Å²) in [7, 11) is 2.07. The molecule has 5 heteroatoms. The van der Waals surface area contributed by atoms with E-state index in [1.165, 1.54) is 4.88 Å². The van der Waals surface area contributed by atoms with E-state index in [0.717, 1.165) is 29.9 Å². The van der Waals surface area contributed by atoms with Crippen molar-refractivity contribution in [1.29, 1.82) is 5.41 Å². The van der Waals surface area contributed by atoms with Crippen molar-refractivity contribution < 1.29 is 0 Å². The molecule has 0 saturated carbocycles. The maximum absolute atomic E-state index is 7.60. The van der Waals surface area contributed by atoms with Gasteiger partial charge in [-0.15, -0.1) is 11.3 Å². The zero-order valence-corrected chi connectivity index (χ0v) is 12.0. The predicted octanol–water partition coefficient (Wildman–Crippen LogP) is 2.37. The first-order valence-electron chi connectivity index (χ1n) is 6.07. The van der Waals surface area contributed by atoms with Gasteiger partial charge in [-0.1, -0.05) is 24.3 Å². The maximum atomic E-state index is 7.60. The van der Waals surface area contributed by atoms with Crippen LogP contribution in [-0.4, -0.2) is 22.8 Å². The Kier molecular flexibility index (Phi) is 4.29. The van der Waals surface area contributed by atoms with Crippen LogP contribution in [0.25, 0.3) is 0 Å². The minimum absolute atomic E-state index is 0.123. The van der Waals surface area contributed by atoms with Gasteiger partial charge in [-0.05, 0) is 19.5 Å². The number of hydrogen-bond donors (Lipinski definition) is 2. The van der Waals surface area contributed by atoms with Crippen LogP contribution < -0.4 is 5.73 Å². The number of nitrogens with one attached hydrogen (secondary N) is 1. The highest BCUT2D eigenvalue weighted by molar-refractivity contribution is 7.09. The first-order chi connectivity index (χ1) is 9.08. The first-order valence-corrected chi connectivity index (χ1v) is 6.95. The van der Waals surface area contributed by atoms with Crippen LogP contribution >= 0.6 is 11.3 Å². The number of thiazole rings is 1. The predicted molar refractivity (Wildman–Crippen MR) is 79.5 cm³/mol. The fraction of sp³-hybridized carbons (Fsp3) is 0.286. The van der Waals surface area contributed by atoms with E-state index in [1.54, 1.807) is 11.3 Å². The molecule has 1 aromatic carbocycles. The molecule has 2 aromatic rings. The van der Waals surface area contributed by atoms with Crippen LogP contribution in [-0.2, 0) is 13.1 Å². The zero-order chi connectivity index (χ0) is 13.8. The first kappa shape index (κ1) is 13.7. The molecular weight excluding hydrogens is 256 g/mol. The number of amidine groups is 1. The van der Waals surface area contributed by atoms with Gasteiger partial charge in [0.15, 0.2) is 0 Å². The van der Waals surface area contributed by atoms with E-state index in [2.05, 4.69) is 16.9 Å². The molecule has 0 fully saturated rings. The molecule has 0 unspecified atom stereocenters. The van der Waals surface area contributed by atoms with E-state index in [9.17, 15) is 0 Å². The summed E-state index contributed by atoms with van der Waals surface area (Å²) in [5, 5.41) is 7.60. The van der Waals surface area contributed by atoms with Crippen molar-refractivity contribution in [3.05, 3.63) is 51.5 Å². The number of rotatable bonds is 5. The highest BCUT2D eigenvalue weighted by atomic mass is 32.1. The number of aryl methyl sites for hydroxylation is 1. The zero-order valence-electron chi connectivity index (χ0n) is 11.2. The van der Waals surface area contributed by atoms with E-state index in [1.807, 2.05) is 36.7 Å². The van der Waals surface area contributed by atoms with Gasteiger partial charge in [0.25, 0.3) is 0 Å². The van der Waals surface area contributed by atoms with Gasteiger partial charge in [0, 0.05) is 23.5 Å². The number of aromatic nitrogens is 1. The molecule has 2 rings (SSSR count). The maximum Gasteiger partial charge on any atom is 0.123 e. The molecule has 19 heavy (non-hydrogen) atoms. The molecule has 0 saturated heterocycles. The van der Waals surface area contributed by atoms with Gasteiger partial charge in [0.2, 0.25) is 0 Å². The topological polar surface area (TPSA) is 66.0 Å². The van der Waals surface area contributed by atoms with Crippen LogP contribution in [0.3, 0.4) is 0 Å². The Morgan fingerprint density at radius 2 is 2.11 bits per heavy atom. The van der Waals surface area contributed by atoms with Crippen molar-refractivity contribution >= 4 is 17.2 Å². The number of hydrogen-bond acceptors (Lipinski definition) is 4. The lowest BCUT2D eigenvalue weighted by atomic mass is 10.1. The van der Waals surface area contributed by atoms with Gasteiger partial charge >= 0.3 is 0 Å². The summed E-state index contributed by atoms with van der Waals surface area (Å²) in [5.74, 6) is 0.123. The van der Waals surface area contributed by atoms with Crippen LogP contribution in [0, 0.1) is 12.3 Å². The Balaban J connectivity index is 2.09. The Hall–Kier alpha value is -1.72. The van der Waals surface area contributed by atoms with Gasteiger partial charge in [-0.25, -0.2) is 4.98 Å². The Labute approximate surface area is 117 Å². The minimum atomic E-state index is 0.123. The minimum Gasteiger partial charge on any atom is -0.384 e. The summed E-state index contributed by atoms with van der Waals surface area (Å²) in [6.45, 7) is 3.67. The quantitative estimate of drug-likeness (QED) is 0.650. The van der Waals surface area contributed by atoms with Crippen LogP contribution in [0.2, 0.25) is 0 Å². The van der Waals surface area contributed by atoms with Crippen LogP contribution in [0.1, 0.15) is 21.7 Å². The molecule has 0 amide bonds. The van der Waals surface area contributed by atoms with E-state index in [-0.39, 0.29) is 5.84 Å². The SMILES string of the molecule is Cc1ncsc1CN(C)Cc1ccccc1C(=N)N. The third kappa shape index (κ3) is 3.39. The summed E-state index contributed by atoms with van der Waals surface area (Å²) in [5.41, 5.74) is 10.5. The lowest BCUT2D eigenvalue weighted by Crippen LogP contribution is -2.21. The van der Waals surface area contributed by atoms with Gasteiger partial charge in [-0.2, -0.15) is 0 Å². The normalized spacial score (nSPS) is 10.9. The average Bonchev–Trinajstić information content (AvgIpc) is 2.75. The lowest BCUT2D eigenvalue weighted by molar-refractivity contribution is 0.321.